The Labute approximate surface area is 103 Å². The van der Waals surface area contributed by atoms with Crippen LogP contribution in [0, 0.1) is 0 Å². The number of rotatable bonds is 0. The molecular weight excluding hydrogens is 210 g/mol. The molecule has 0 unspecified atom stereocenters. The van der Waals surface area contributed by atoms with E-state index in [-0.39, 0.29) is 40.5 Å². The first kappa shape index (κ1) is 17.3. The molecule has 2 bridgehead atoms. The van der Waals surface area contributed by atoms with Crippen molar-refractivity contribution in [3.63, 3.8) is 0 Å². The molecule has 74 valence electrons. The molecule has 0 radical (unpaired) electrons. The first-order valence-corrected chi connectivity index (χ1v) is 2.87. The van der Waals surface area contributed by atoms with Crippen molar-refractivity contribution in [3.05, 3.63) is 0 Å². The first-order chi connectivity index (χ1) is 5.24. The molecule has 2 saturated heterocycles. The number of hydrogen-bond acceptors (Lipinski definition) is 7. The van der Waals surface area contributed by atoms with Crippen molar-refractivity contribution in [2.24, 2.45) is 0 Å². The first-order valence-electron chi connectivity index (χ1n) is 2.87. The van der Waals surface area contributed by atoms with Crippen LogP contribution in [0.4, 0.5) is 0 Å². The van der Waals surface area contributed by atoms with Gasteiger partial charge in [0.15, 0.2) is 0 Å². The van der Waals surface area contributed by atoms with Crippen LogP contribution in [-0.4, -0.2) is 79.8 Å². The van der Waals surface area contributed by atoms with Gasteiger partial charge in [-0.1, -0.05) is 0 Å². The van der Waals surface area contributed by atoms with Gasteiger partial charge in [-0.05, 0) is 0 Å². The summed E-state index contributed by atoms with van der Waals surface area (Å²) in [4.78, 5) is 0. The Kier molecular flexibility index (Phi) is 8.92. The van der Waals surface area contributed by atoms with Gasteiger partial charge in [0.1, 0.15) is 0 Å². The molecule has 0 aromatic rings. The van der Waals surface area contributed by atoms with E-state index in [2.05, 4.69) is 22.9 Å². The summed E-state index contributed by atoms with van der Waals surface area (Å²) in [5, 5.41) is 17.5. The van der Waals surface area contributed by atoms with Crippen LogP contribution in [0.2, 0.25) is 0 Å². The normalized spacial score (nSPS) is 19.3. The van der Waals surface area contributed by atoms with Crippen LogP contribution in [0.15, 0.2) is 0 Å². The van der Waals surface area contributed by atoms with Crippen LogP contribution >= 0.6 is 0 Å². The Morgan fingerprint density at radius 1 is 0.643 bits per heavy atom. The Morgan fingerprint density at radius 3 is 1.21 bits per heavy atom. The Balaban J connectivity index is 0. The van der Waals surface area contributed by atoms with Gasteiger partial charge in [0.2, 0.25) is 0 Å². The van der Waals surface area contributed by atoms with Crippen molar-refractivity contribution in [1.82, 2.24) is 0 Å². The summed E-state index contributed by atoms with van der Waals surface area (Å²) in [5.74, 6) is 0. The van der Waals surface area contributed by atoms with Crippen molar-refractivity contribution in [2.75, 3.05) is 0 Å². The molecule has 6 N–H and O–H groups in total. The van der Waals surface area contributed by atoms with Gasteiger partial charge in [-0.3, -0.25) is 0 Å². The fraction of sp³-hybridized carbons (Fsp3) is 0. The molecule has 0 atom stereocenters. The molecule has 0 saturated carbocycles. The molecule has 0 amide bonds. The maximum absolute atomic E-state index is 8.74. The minimum absolute atomic E-state index is 0. The molecule has 2 fully saturated rings. The Bertz CT molecular complexity index is 122. The zero-order valence-corrected chi connectivity index (χ0v) is 6.25. The average Bonchev–Trinajstić information content (AvgIpc) is 1.82. The third-order valence-corrected chi connectivity index (χ3v) is 1.13. The number of hydrogen-bond donors (Lipinski definition) is 2. The Hall–Kier alpha value is 0.900. The van der Waals surface area contributed by atoms with Crippen molar-refractivity contribution in [2.45, 2.75) is 0 Å². The van der Waals surface area contributed by atoms with Gasteiger partial charge in [0, 0.05) is 0 Å². The molecule has 2 heterocycles. The molecule has 2 aliphatic heterocycles. The van der Waals surface area contributed by atoms with Crippen LogP contribution in [0.5, 0.6) is 0 Å². The zero-order chi connectivity index (χ0) is 7.84. The molecule has 0 aromatic carbocycles. The predicted octanol–water partition coefficient (Wildman–Crippen LogP) is -5.28. The van der Waals surface area contributed by atoms with Crippen molar-refractivity contribution in [1.29, 1.82) is 0 Å². The van der Waals surface area contributed by atoms with Gasteiger partial charge in [0.25, 0.3) is 0 Å². The van der Waals surface area contributed by atoms with Crippen LogP contribution in [-0.2, 0) is 22.9 Å². The third-order valence-electron chi connectivity index (χ3n) is 1.13. The summed E-state index contributed by atoms with van der Waals surface area (Å²) in [7, 11) is -5.20. The van der Waals surface area contributed by atoms with Crippen LogP contribution in [0.1, 0.15) is 0 Å². The van der Waals surface area contributed by atoms with E-state index in [0.717, 1.165) is 0 Å². The second kappa shape index (κ2) is 7.22. The van der Waals surface area contributed by atoms with Crippen molar-refractivity contribution in [3.8, 4) is 0 Å². The summed E-state index contributed by atoms with van der Waals surface area (Å²) in [5.41, 5.74) is 0. The molecule has 2 rings (SSSR count). The molecular formula is H7B4NaO9. The molecule has 2 aliphatic rings. The van der Waals surface area contributed by atoms with E-state index in [0.29, 0.717) is 0 Å². The summed E-state index contributed by atoms with van der Waals surface area (Å²) < 4.78 is 22.6. The molecule has 14 heavy (non-hydrogen) atoms. The Morgan fingerprint density at radius 2 is 0.929 bits per heavy atom. The zero-order valence-electron chi connectivity index (χ0n) is 6.25. The standard InChI is InChI=1S/B4H2O7.Na.2H2O.H/c5-1-7-3-9-2(6)10-4(8-1)11-3;;;;/h5-6H;;2*1H2;. The predicted molar refractivity (Wildman–Crippen MR) is 47.3 cm³/mol. The monoisotopic (exact) mass is 218 g/mol. The summed E-state index contributed by atoms with van der Waals surface area (Å²) >= 11 is 0. The summed E-state index contributed by atoms with van der Waals surface area (Å²) in [6.07, 6.45) is 0. The van der Waals surface area contributed by atoms with Crippen LogP contribution in [0.3, 0.4) is 0 Å². The molecule has 0 aliphatic carbocycles. The summed E-state index contributed by atoms with van der Waals surface area (Å²) in [6.45, 7) is 0. The van der Waals surface area contributed by atoms with E-state index < -0.39 is 29.3 Å². The van der Waals surface area contributed by atoms with Crippen LogP contribution < -0.4 is 0 Å². The van der Waals surface area contributed by atoms with Gasteiger partial charge in [-0.25, -0.2) is 0 Å². The van der Waals surface area contributed by atoms with Gasteiger partial charge in [-0.2, -0.15) is 0 Å². The molecule has 9 nitrogen and oxygen atoms in total. The van der Waals surface area contributed by atoms with Crippen molar-refractivity contribution < 1.29 is 43.9 Å². The van der Waals surface area contributed by atoms with Gasteiger partial charge in [0.05, 0.1) is 0 Å². The fourth-order valence-corrected chi connectivity index (χ4v) is 0.728. The molecule has 14 heteroatoms. The average molecular weight is 217 g/mol. The van der Waals surface area contributed by atoms with E-state index in [1.165, 1.54) is 0 Å². The van der Waals surface area contributed by atoms with E-state index in [1.807, 2.05) is 0 Å². The fourth-order valence-electron chi connectivity index (χ4n) is 0.728. The van der Waals surface area contributed by atoms with Gasteiger partial charge in [-0.15, -0.1) is 0 Å². The van der Waals surface area contributed by atoms with Gasteiger partial charge < -0.3 is 43.9 Å². The van der Waals surface area contributed by atoms with E-state index in [4.69, 9.17) is 10.0 Å². The topological polar surface area (TPSA) is 150 Å². The van der Waals surface area contributed by atoms with E-state index >= 15 is 0 Å². The van der Waals surface area contributed by atoms with Crippen molar-refractivity contribution >= 4 is 58.8 Å². The maximum atomic E-state index is 8.74. The molecule has 0 aromatic heterocycles. The second-order valence-corrected chi connectivity index (χ2v) is 1.87. The van der Waals surface area contributed by atoms with E-state index in [1.54, 1.807) is 0 Å². The SMILES string of the molecule is O.O.OB1OB2OB(O)OB(O1)O2.[NaH]. The van der Waals surface area contributed by atoms with E-state index in [9.17, 15) is 0 Å². The second-order valence-electron chi connectivity index (χ2n) is 1.87. The quantitative estimate of drug-likeness (QED) is 0.385. The summed E-state index contributed by atoms with van der Waals surface area (Å²) in [6, 6.07) is 0. The third kappa shape index (κ3) is 4.18. The molecule has 0 spiro atoms. The number of fused-ring (bicyclic) bond motifs is 2. The van der Waals surface area contributed by atoms with Gasteiger partial charge >= 0.3 is 58.8 Å². The van der Waals surface area contributed by atoms with Crippen LogP contribution in [0.25, 0.3) is 0 Å². The minimum atomic E-state index is -1.45.